The predicted molar refractivity (Wildman–Crippen MR) is 118 cm³/mol. The molecule has 7 heteroatoms. The number of nitrogens with zero attached hydrogens (tertiary/aromatic N) is 3. The Hall–Kier alpha value is -3.22. The Morgan fingerprint density at radius 2 is 1.83 bits per heavy atom. The Kier molecular flexibility index (Phi) is 6.82. The Balaban J connectivity index is 1.64. The van der Waals surface area contributed by atoms with Gasteiger partial charge in [0.15, 0.2) is 5.65 Å². The minimum absolute atomic E-state index is 0.0732. The van der Waals surface area contributed by atoms with Crippen LogP contribution in [-0.2, 0) is 6.54 Å². The van der Waals surface area contributed by atoms with Gasteiger partial charge in [-0.15, -0.1) is 0 Å². The van der Waals surface area contributed by atoms with Gasteiger partial charge in [-0.2, -0.15) is 5.10 Å². The number of unbranched alkanes of at least 4 members (excludes halogenated alkanes) is 1. The number of carbonyl (C=O) groups is 2. The fraction of sp³-hybridized carbons (Fsp3) is 0.391. The largest absolute Gasteiger partial charge is 0.352 e. The van der Waals surface area contributed by atoms with Crippen molar-refractivity contribution in [1.29, 1.82) is 0 Å². The van der Waals surface area contributed by atoms with Gasteiger partial charge in [-0.3, -0.25) is 9.59 Å². The molecule has 0 aliphatic rings. The first-order chi connectivity index (χ1) is 14.4. The number of amides is 2. The third kappa shape index (κ3) is 4.84. The fourth-order valence-electron chi connectivity index (χ4n) is 3.21. The van der Waals surface area contributed by atoms with Crippen molar-refractivity contribution in [2.75, 3.05) is 6.54 Å². The molecule has 0 atom stereocenters. The monoisotopic (exact) mass is 407 g/mol. The van der Waals surface area contributed by atoms with E-state index in [9.17, 15) is 9.59 Å². The first-order valence-corrected chi connectivity index (χ1v) is 10.4. The highest BCUT2D eigenvalue weighted by Crippen LogP contribution is 2.19. The van der Waals surface area contributed by atoms with Gasteiger partial charge in [-0.05, 0) is 51.0 Å². The second kappa shape index (κ2) is 9.52. The fourth-order valence-corrected chi connectivity index (χ4v) is 3.21. The lowest BCUT2D eigenvalue weighted by atomic mass is 10.1. The van der Waals surface area contributed by atoms with E-state index in [-0.39, 0.29) is 17.9 Å². The van der Waals surface area contributed by atoms with Crippen molar-refractivity contribution in [3.8, 4) is 0 Å². The third-order valence-electron chi connectivity index (χ3n) is 4.98. The molecule has 2 heterocycles. The number of rotatable bonds is 8. The van der Waals surface area contributed by atoms with Crippen LogP contribution in [-0.4, -0.2) is 33.1 Å². The van der Waals surface area contributed by atoms with E-state index in [0.29, 0.717) is 29.9 Å². The van der Waals surface area contributed by atoms with Crippen molar-refractivity contribution in [1.82, 2.24) is 25.4 Å². The van der Waals surface area contributed by atoms with Crippen molar-refractivity contribution < 1.29 is 9.59 Å². The van der Waals surface area contributed by atoms with Crippen LogP contribution in [0.15, 0.2) is 36.5 Å². The van der Waals surface area contributed by atoms with Gasteiger partial charge in [0.05, 0.1) is 17.5 Å². The molecule has 0 aliphatic carbocycles. The lowest BCUT2D eigenvalue weighted by Crippen LogP contribution is -2.25. The Labute approximate surface area is 176 Å². The maximum absolute atomic E-state index is 12.7. The molecular formula is C23H29N5O2. The van der Waals surface area contributed by atoms with Crippen molar-refractivity contribution in [3.63, 3.8) is 0 Å². The number of carbonyl (C=O) groups excluding carboxylic acids is 2. The van der Waals surface area contributed by atoms with Crippen LogP contribution in [0.1, 0.15) is 71.6 Å². The quantitative estimate of drug-likeness (QED) is 0.556. The van der Waals surface area contributed by atoms with Gasteiger partial charge in [0.25, 0.3) is 11.8 Å². The van der Waals surface area contributed by atoms with Gasteiger partial charge in [0, 0.05) is 30.1 Å². The molecule has 0 unspecified atom stereocenters. The summed E-state index contributed by atoms with van der Waals surface area (Å²) in [7, 11) is 0. The minimum atomic E-state index is -0.180. The molecule has 3 rings (SSSR count). The first-order valence-electron chi connectivity index (χ1n) is 10.4. The van der Waals surface area contributed by atoms with Gasteiger partial charge in [0.2, 0.25) is 0 Å². The zero-order chi connectivity index (χ0) is 21.7. The average Bonchev–Trinajstić information content (AvgIpc) is 3.14. The molecule has 2 aromatic heterocycles. The highest BCUT2D eigenvalue weighted by molar-refractivity contribution is 5.98. The summed E-state index contributed by atoms with van der Waals surface area (Å²) in [5, 5.41) is 11.0. The maximum Gasteiger partial charge on any atom is 0.253 e. The van der Waals surface area contributed by atoms with E-state index in [0.717, 1.165) is 29.4 Å². The molecule has 0 fully saturated rings. The summed E-state index contributed by atoms with van der Waals surface area (Å²) in [5.74, 6) is -0.253. The van der Waals surface area contributed by atoms with Crippen LogP contribution >= 0.6 is 0 Å². The SMILES string of the molecule is CCCCNC(=O)c1ccc(CNC(=O)c2cc3cnn(C(C)C)c3nc2C)cc1. The molecule has 0 bridgehead atoms. The normalized spacial score (nSPS) is 11.1. The van der Waals surface area contributed by atoms with E-state index in [1.54, 1.807) is 18.3 Å². The molecule has 7 nitrogen and oxygen atoms in total. The van der Waals surface area contributed by atoms with E-state index in [4.69, 9.17) is 0 Å². The molecule has 30 heavy (non-hydrogen) atoms. The number of nitrogens with one attached hydrogen (secondary N) is 2. The number of hydrogen-bond donors (Lipinski definition) is 2. The Bertz CT molecular complexity index is 1040. The molecule has 0 radical (unpaired) electrons. The third-order valence-corrected chi connectivity index (χ3v) is 4.98. The lowest BCUT2D eigenvalue weighted by Gasteiger charge is -2.10. The summed E-state index contributed by atoms with van der Waals surface area (Å²) < 4.78 is 1.85. The van der Waals surface area contributed by atoms with Crippen LogP contribution in [0.3, 0.4) is 0 Å². The van der Waals surface area contributed by atoms with Gasteiger partial charge in [-0.25, -0.2) is 9.67 Å². The average molecular weight is 408 g/mol. The van der Waals surface area contributed by atoms with Crippen LogP contribution < -0.4 is 10.6 Å². The Morgan fingerprint density at radius 3 is 2.50 bits per heavy atom. The van der Waals surface area contributed by atoms with Gasteiger partial charge in [-0.1, -0.05) is 25.5 Å². The summed E-state index contributed by atoms with van der Waals surface area (Å²) in [4.78, 5) is 29.4. The van der Waals surface area contributed by atoms with E-state index in [1.165, 1.54) is 0 Å². The molecule has 1 aromatic carbocycles. The number of hydrogen-bond acceptors (Lipinski definition) is 4. The summed E-state index contributed by atoms with van der Waals surface area (Å²) in [6.07, 6.45) is 3.75. The molecule has 0 saturated heterocycles. The maximum atomic E-state index is 12.7. The second-order valence-electron chi connectivity index (χ2n) is 7.71. The van der Waals surface area contributed by atoms with Gasteiger partial charge in [0.1, 0.15) is 0 Å². The van der Waals surface area contributed by atoms with Crippen LogP contribution in [0.25, 0.3) is 11.0 Å². The zero-order valence-corrected chi connectivity index (χ0v) is 18.0. The smallest absolute Gasteiger partial charge is 0.253 e. The highest BCUT2D eigenvalue weighted by atomic mass is 16.2. The molecule has 2 N–H and O–H groups in total. The minimum Gasteiger partial charge on any atom is -0.352 e. The lowest BCUT2D eigenvalue weighted by molar-refractivity contribution is 0.0942. The number of aromatic nitrogens is 3. The van der Waals surface area contributed by atoms with Crippen LogP contribution in [0.5, 0.6) is 0 Å². The van der Waals surface area contributed by atoms with Crippen molar-refractivity contribution in [2.45, 2.75) is 53.1 Å². The van der Waals surface area contributed by atoms with Gasteiger partial charge >= 0.3 is 0 Å². The molecule has 0 saturated carbocycles. The molecule has 2 amide bonds. The van der Waals surface area contributed by atoms with Crippen molar-refractivity contribution in [2.24, 2.45) is 0 Å². The van der Waals surface area contributed by atoms with E-state index >= 15 is 0 Å². The van der Waals surface area contributed by atoms with E-state index < -0.39 is 0 Å². The predicted octanol–water partition coefficient (Wildman–Crippen LogP) is 3.78. The van der Waals surface area contributed by atoms with Crippen LogP contribution in [0.2, 0.25) is 0 Å². The summed E-state index contributed by atoms with van der Waals surface area (Å²) in [5.41, 5.74) is 3.53. The first kappa shape index (κ1) is 21.5. The molecule has 3 aromatic rings. The van der Waals surface area contributed by atoms with Crippen molar-refractivity contribution >= 4 is 22.8 Å². The van der Waals surface area contributed by atoms with Crippen LogP contribution in [0, 0.1) is 6.92 Å². The molecule has 158 valence electrons. The van der Waals surface area contributed by atoms with Crippen LogP contribution in [0.4, 0.5) is 0 Å². The number of pyridine rings is 1. The molecule has 0 aliphatic heterocycles. The summed E-state index contributed by atoms with van der Waals surface area (Å²) >= 11 is 0. The molecular weight excluding hydrogens is 378 g/mol. The number of aryl methyl sites for hydroxylation is 1. The standard InChI is InChI=1S/C23H29N5O2/c1-5-6-11-24-22(29)18-9-7-17(8-10-18)13-25-23(30)20-12-19-14-26-28(15(2)3)21(19)27-16(20)4/h7-10,12,14-15H,5-6,11,13H2,1-4H3,(H,24,29)(H,25,30). The van der Waals surface area contributed by atoms with E-state index in [1.807, 2.05) is 43.7 Å². The van der Waals surface area contributed by atoms with Gasteiger partial charge < -0.3 is 10.6 Å². The Morgan fingerprint density at radius 1 is 1.10 bits per heavy atom. The van der Waals surface area contributed by atoms with Crippen molar-refractivity contribution in [3.05, 3.63) is 58.9 Å². The number of benzene rings is 1. The molecule has 0 spiro atoms. The number of fused-ring (bicyclic) bond motifs is 1. The summed E-state index contributed by atoms with van der Waals surface area (Å²) in [6.45, 7) is 9.07. The second-order valence-corrected chi connectivity index (χ2v) is 7.71. The highest BCUT2D eigenvalue weighted by Gasteiger charge is 2.15. The summed E-state index contributed by atoms with van der Waals surface area (Å²) in [6, 6.07) is 9.31. The van der Waals surface area contributed by atoms with E-state index in [2.05, 4.69) is 27.6 Å². The topological polar surface area (TPSA) is 88.9 Å². The zero-order valence-electron chi connectivity index (χ0n) is 18.0.